The van der Waals surface area contributed by atoms with Crippen molar-refractivity contribution >= 4 is 12.0 Å². The van der Waals surface area contributed by atoms with Gasteiger partial charge in [0.25, 0.3) is 0 Å². The second-order valence-corrected chi connectivity index (χ2v) is 6.60. The zero-order valence-corrected chi connectivity index (χ0v) is 12.8. The van der Waals surface area contributed by atoms with Gasteiger partial charge in [0.15, 0.2) is 0 Å². The smallest absolute Gasteiger partial charge is 0.317 e. The number of carbonyl (C=O) groups is 2. The zero-order chi connectivity index (χ0) is 15.6. The van der Waals surface area contributed by atoms with Gasteiger partial charge < -0.3 is 20.4 Å². The molecular weight excluding hydrogens is 260 g/mol. The van der Waals surface area contributed by atoms with Gasteiger partial charge in [0, 0.05) is 19.7 Å². The molecule has 1 fully saturated rings. The summed E-state index contributed by atoms with van der Waals surface area (Å²) in [6, 6.07) is -0.232. The van der Waals surface area contributed by atoms with E-state index in [1.54, 1.807) is 32.6 Å². The summed E-state index contributed by atoms with van der Waals surface area (Å²) in [5.41, 5.74) is -1.92. The number of nitrogens with one attached hydrogen (secondary N) is 1. The molecule has 116 valence electrons. The molecule has 1 unspecified atom stereocenters. The van der Waals surface area contributed by atoms with Crippen LogP contribution < -0.4 is 5.32 Å². The summed E-state index contributed by atoms with van der Waals surface area (Å²) in [6.07, 6.45) is 1.59. The SMILES string of the molecule is CC(C)(NC(=O)N1CCC(CCO)C1)C(C)(C)C(=O)O. The van der Waals surface area contributed by atoms with Crippen LogP contribution in [0.5, 0.6) is 0 Å². The molecule has 2 amide bonds. The first-order valence-electron chi connectivity index (χ1n) is 7.03. The van der Waals surface area contributed by atoms with Crippen molar-refractivity contribution in [2.75, 3.05) is 19.7 Å². The third kappa shape index (κ3) is 3.42. The van der Waals surface area contributed by atoms with Crippen LogP contribution >= 0.6 is 0 Å². The third-order valence-corrected chi connectivity index (χ3v) is 4.63. The topological polar surface area (TPSA) is 89.9 Å². The summed E-state index contributed by atoms with van der Waals surface area (Å²) in [4.78, 5) is 25.2. The standard InChI is InChI=1S/C14H26N2O4/c1-13(2,11(18)19)14(3,4)15-12(20)16-7-5-10(9-16)6-8-17/h10,17H,5-9H2,1-4H3,(H,15,20)(H,18,19). The Morgan fingerprint density at radius 3 is 2.40 bits per heavy atom. The van der Waals surface area contributed by atoms with Crippen LogP contribution in [0.2, 0.25) is 0 Å². The molecule has 6 heteroatoms. The molecule has 6 nitrogen and oxygen atoms in total. The summed E-state index contributed by atoms with van der Waals surface area (Å²) in [6.45, 7) is 8.07. The number of hydrogen-bond acceptors (Lipinski definition) is 3. The van der Waals surface area contributed by atoms with Gasteiger partial charge in [-0.1, -0.05) is 0 Å². The highest BCUT2D eigenvalue weighted by atomic mass is 16.4. The van der Waals surface area contributed by atoms with Gasteiger partial charge in [-0.05, 0) is 46.5 Å². The van der Waals surface area contributed by atoms with E-state index in [1.807, 2.05) is 0 Å². The van der Waals surface area contributed by atoms with Crippen LogP contribution in [0, 0.1) is 11.3 Å². The lowest BCUT2D eigenvalue weighted by Crippen LogP contribution is -2.59. The fourth-order valence-corrected chi connectivity index (χ4v) is 2.21. The molecule has 0 aromatic carbocycles. The molecule has 0 radical (unpaired) electrons. The molecule has 0 aromatic rings. The number of amides is 2. The predicted octanol–water partition coefficient (Wildman–Crippen LogP) is 1.29. The van der Waals surface area contributed by atoms with Gasteiger partial charge in [-0.25, -0.2) is 4.79 Å². The van der Waals surface area contributed by atoms with Gasteiger partial charge in [-0.15, -0.1) is 0 Å². The predicted molar refractivity (Wildman–Crippen MR) is 75.4 cm³/mol. The van der Waals surface area contributed by atoms with E-state index in [1.165, 1.54) is 0 Å². The summed E-state index contributed by atoms with van der Waals surface area (Å²) in [5.74, 6) is -0.608. The zero-order valence-electron chi connectivity index (χ0n) is 12.8. The van der Waals surface area contributed by atoms with Crippen molar-refractivity contribution in [2.45, 2.75) is 46.1 Å². The number of aliphatic hydroxyl groups excluding tert-OH is 1. The number of carbonyl (C=O) groups excluding carboxylic acids is 1. The lowest BCUT2D eigenvalue weighted by atomic mass is 9.74. The number of carboxylic acids is 1. The minimum atomic E-state index is -1.06. The second kappa shape index (κ2) is 5.99. The molecule has 0 bridgehead atoms. The van der Waals surface area contributed by atoms with Crippen molar-refractivity contribution < 1.29 is 19.8 Å². The van der Waals surface area contributed by atoms with Crippen LogP contribution in [0.4, 0.5) is 4.79 Å². The molecule has 3 N–H and O–H groups in total. The highest BCUT2D eigenvalue weighted by Gasteiger charge is 2.45. The summed E-state index contributed by atoms with van der Waals surface area (Å²) >= 11 is 0. The van der Waals surface area contributed by atoms with Gasteiger partial charge in [-0.2, -0.15) is 0 Å². The summed E-state index contributed by atoms with van der Waals surface area (Å²) in [7, 11) is 0. The number of carboxylic acid groups (broad SMARTS) is 1. The highest BCUT2D eigenvalue weighted by Crippen LogP contribution is 2.31. The minimum Gasteiger partial charge on any atom is -0.481 e. The number of likely N-dealkylation sites (tertiary alicyclic amines) is 1. The third-order valence-electron chi connectivity index (χ3n) is 4.63. The summed E-state index contributed by atoms with van der Waals surface area (Å²) in [5, 5.41) is 21.0. The van der Waals surface area contributed by atoms with Crippen LogP contribution in [-0.2, 0) is 4.79 Å². The Bertz CT molecular complexity index is 379. The molecular formula is C14H26N2O4. The molecule has 0 saturated carbocycles. The molecule has 1 rings (SSSR count). The van der Waals surface area contributed by atoms with Crippen LogP contribution in [0.3, 0.4) is 0 Å². The molecule has 0 spiro atoms. The highest BCUT2D eigenvalue weighted by molar-refractivity contribution is 5.79. The number of aliphatic hydroxyl groups is 1. The van der Waals surface area contributed by atoms with E-state index in [0.29, 0.717) is 25.4 Å². The Labute approximate surface area is 120 Å². The van der Waals surface area contributed by atoms with Crippen LogP contribution in [-0.4, -0.2) is 52.3 Å². The molecule has 1 saturated heterocycles. The van der Waals surface area contributed by atoms with Gasteiger partial charge in [0.2, 0.25) is 0 Å². The lowest BCUT2D eigenvalue weighted by molar-refractivity contribution is -0.150. The fourth-order valence-electron chi connectivity index (χ4n) is 2.21. The van der Waals surface area contributed by atoms with Gasteiger partial charge in [-0.3, -0.25) is 4.79 Å². The largest absolute Gasteiger partial charge is 0.481 e. The van der Waals surface area contributed by atoms with Crippen LogP contribution in [0.25, 0.3) is 0 Å². The van der Waals surface area contributed by atoms with E-state index in [2.05, 4.69) is 5.32 Å². The van der Waals surface area contributed by atoms with E-state index in [0.717, 1.165) is 6.42 Å². The number of nitrogens with zero attached hydrogens (tertiary/aromatic N) is 1. The van der Waals surface area contributed by atoms with Crippen molar-refractivity contribution in [3.05, 3.63) is 0 Å². The number of rotatable bonds is 5. The van der Waals surface area contributed by atoms with E-state index in [4.69, 9.17) is 5.11 Å². The molecule has 0 aliphatic carbocycles. The Kier molecular flexibility index (Phi) is 5.02. The monoisotopic (exact) mass is 286 g/mol. The normalized spacial score (nSPS) is 20.1. The lowest BCUT2D eigenvalue weighted by Gasteiger charge is -2.39. The van der Waals surface area contributed by atoms with E-state index >= 15 is 0 Å². The first-order chi connectivity index (χ1) is 9.11. The maximum Gasteiger partial charge on any atom is 0.317 e. The quantitative estimate of drug-likeness (QED) is 0.710. The Morgan fingerprint density at radius 1 is 1.30 bits per heavy atom. The number of urea groups is 1. The van der Waals surface area contributed by atoms with Gasteiger partial charge in [0.1, 0.15) is 0 Å². The molecule has 1 atom stereocenters. The molecule has 1 heterocycles. The van der Waals surface area contributed by atoms with E-state index in [9.17, 15) is 14.7 Å². The molecule has 1 aliphatic heterocycles. The van der Waals surface area contributed by atoms with Crippen molar-refractivity contribution in [2.24, 2.45) is 11.3 Å². The van der Waals surface area contributed by atoms with E-state index < -0.39 is 16.9 Å². The average Bonchev–Trinajstić information content (AvgIpc) is 2.77. The Hall–Kier alpha value is -1.30. The minimum absolute atomic E-state index is 0.137. The van der Waals surface area contributed by atoms with Crippen molar-refractivity contribution in [1.82, 2.24) is 10.2 Å². The molecule has 20 heavy (non-hydrogen) atoms. The first kappa shape index (κ1) is 16.8. The van der Waals surface area contributed by atoms with Gasteiger partial charge >= 0.3 is 12.0 Å². The molecule has 1 aliphatic rings. The first-order valence-corrected chi connectivity index (χ1v) is 7.03. The fraction of sp³-hybridized carbons (Fsp3) is 0.857. The molecule has 0 aromatic heterocycles. The van der Waals surface area contributed by atoms with Crippen molar-refractivity contribution in [3.63, 3.8) is 0 Å². The summed E-state index contributed by atoms with van der Waals surface area (Å²) < 4.78 is 0. The average molecular weight is 286 g/mol. The maximum absolute atomic E-state index is 12.2. The van der Waals surface area contributed by atoms with Crippen LogP contribution in [0.1, 0.15) is 40.5 Å². The number of hydrogen-bond donors (Lipinski definition) is 3. The second-order valence-electron chi connectivity index (χ2n) is 6.60. The van der Waals surface area contributed by atoms with E-state index in [-0.39, 0.29) is 12.6 Å². The maximum atomic E-state index is 12.2. The van der Waals surface area contributed by atoms with Gasteiger partial charge in [0.05, 0.1) is 11.0 Å². The number of aliphatic carboxylic acids is 1. The Morgan fingerprint density at radius 2 is 1.90 bits per heavy atom. The Balaban J connectivity index is 2.64. The van der Waals surface area contributed by atoms with Crippen molar-refractivity contribution in [1.29, 1.82) is 0 Å². The van der Waals surface area contributed by atoms with Crippen LogP contribution in [0.15, 0.2) is 0 Å². The van der Waals surface area contributed by atoms with Crippen molar-refractivity contribution in [3.8, 4) is 0 Å².